The van der Waals surface area contributed by atoms with Gasteiger partial charge in [-0.3, -0.25) is 4.79 Å². The summed E-state index contributed by atoms with van der Waals surface area (Å²) in [5, 5.41) is 6.06. The van der Waals surface area contributed by atoms with E-state index in [9.17, 15) is 4.79 Å². The monoisotopic (exact) mass is 274 g/mol. The summed E-state index contributed by atoms with van der Waals surface area (Å²) in [6.07, 6.45) is 0.405. The van der Waals surface area contributed by atoms with Crippen LogP contribution in [0.3, 0.4) is 0 Å². The molecule has 1 atom stereocenters. The molecule has 1 aliphatic heterocycles. The third kappa shape index (κ3) is 4.27. The Morgan fingerprint density at radius 3 is 3.18 bits per heavy atom. The van der Waals surface area contributed by atoms with E-state index in [0.717, 1.165) is 22.3 Å². The zero-order valence-electron chi connectivity index (χ0n) is 9.37. The molecule has 0 unspecified atom stereocenters. The number of rotatable bonds is 4. The number of thiophene rings is 1. The Kier molecular flexibility index (Phi) is 4.79. The Hall–Kier alpha value is -0.620. The molecule has 2 N–H and O–H groups in total. The van der Waals surface area contributed by atoms with Gasteiger partial charge in [-0.15, -0.1) is 11.3 Å². The highest BCUT2D eigenvalue weighted by molar-refractivity contribution is 7.16. The first kappa shape index (κ1) is 12.8. The summed E-state index contributed by atoms with van der Waals surface area (Å²) < 4.78 is 6.21. The van der Waals surface area contributed by atoms with Crippen molar-refractivity contribution in [1.82, 2.24) is 10.6 Å². The number of hydrogen-bond donors (Lipinski definition) is 2. The molecule has 1 aromatic rings. The van der Waals surface area contributed by atoms with Crippen LogP contribution in [-0.2, 0) is 16.1 Å². The van der Waals surface area contributed by atoms with Crippen LogP contribution in [0.1, 0.15) is 11.3 Å². The molecular formula is C11H15ClN2O2S. The highest BCUT2D eigenvalue weighted by Gasteiger charge is 2.17. The molecule has 6 heteroatoms. The van der Waals surface area contributed by atoms with Gasteiger partial charge in [-0.2, -0.15) is 0 Å². The average molecular weight is 275 g/mol. The fourth-order valence-corrected chi connectivity index (χ4v) is 2.69. The summed E-state index contributed by atoms with van der Waals surface area (Å²) in [4.78, 5) is 12.7. The number of amides is 1. The van der Waals surface area contributed by atoms with E-state index >= 15 is 0 Å². The second-order valence-electron chi connectivity index (χ2n) is 3.88. The number of hydrogen-bond acceptors (Lipinski definition) is 4. The Bertz CT molecular complexity index is 377. The highest BCUT2D eigenvalue weighted by atomic mass is 35.5. The number of morpholine rings is 1. The van der Waals surface area contributed by atoms with Crippen LogP contribution >= 0.6 is 22.9 Å². The maximum Gasteiger partial charge on any atom is 0.222 e. The third-order valence-corrected chi connectivity index (χ3v) is 3.74. The number of carbonyl (C=O) groups excluding carboxylic acids is 1. The van der Waals surface area contributed by atoms with Crippen molar-refractivity contribution in [1.29, 1.82) is 0 Å². The molecule has 0 aliphatic carbocycles. The summed E-state index contributed by atoms with van der Waals surface area (Å²) in [5.41, 5.74) is 0. The highest BCUT2D eigenvalue weighted by Crippen LogP contribution is 2.21. The number of ether oxygens (including phenoxy) is 1. The maximum atomic E-state index is 11.6. The lowest BCUT2D eigenvalue weighted by Crippen LogP contribution is -2.41. The van der Waals surface area contributed by atoms with Gasteiger partial charge in [-0.1, -0.05) is 11.6 Å². The summed E-state index contributed by atoms with van der Waals surface area (Å²) in [7, 11) is 0. The van der Waals surface area contributed by atoms with E-state index in [2.05, 4.69) is 10.6 Å². The molecule has 1 aliphatic rings. The van der Waals surface area contributed by atoms with Crippen molar-refractivity contribution in [2.24, 2.45) is 0 Å². The van der Waals surface area contributed by atoms with E-state index < -0.39 is 0 Å². The molecule has 2 heterocycles. The SMILES string of the molecule is O=C(C[C@H]1CNCCO1)NCc1ccc(Cl)s1. The quantitative estimate of drug-likeness (QED) is 0.873. The molecule has 1 saturated heterocycles. The molecule has 2 rings (SSSR count). The fraction of sp³-hybridized carbons (Fsp3) is 0.545. The van der Waals surface area contributed by atoms with E-state index in [1.165, 1.54) is 11.3 Å². The third-order valence-electron chi connectivity index (χ3n) is 2.51. The number of nitrogens with one attached hydrogen (secondary N) is 2. The van der Waals surface area contributed by atoms with Crippen molar-refractivity contribution in [3.05, 3.63) is 21.3 Å². The Morgan fingerprint density at radius 1 is 1.65 bits per heavy atom. The minimum Gasteiger partial charge on any atom is -0.375 e. The van der Waals surface area contributed by atoms with Crippen LogP contribution in [0, 0.1) is 0 Å². The number of halogens is 1. The van der Waals surface area contributed by atoms with E-state index in [-0.39, 0.29) is 12.0 Å². The molecule has 1 fully saturated rings. The second kappa shape index (κ2) is 6.35. The molecule has 1 aromatic heterocycles. The van der Waals surface area contributed by atoms with Crippen LogP contribution in [0.15, 0.2) is 12.1 Å². The molecule has 17 heavy (non-hydrogen) atoms. The van der Waals surface area contributed by atoms with Gasteiger partial charge in [-0.25, -0.2) is 0 Å². The van der Waals surface area contributed by atoms with Crippen LogP contribution in [0.2, 0.25) is 4.34 Å². The lowest BCUT2D eigenvalue weighted by Gasteiger charge is -2.22. The van der Waals surface area contributed by atoms with Crippen LogP contribution in [0.5, 0.6) is 0 Å². The summed E-state index contributed by atoms with van der Waals surface area (Å²) in [6.45, 7) is 2.83. The summed E-state index contributed by atoms with van der Waals surface area (Å²) in [6, 6.07) is 3.76. The van der Waals surface area contributed by atoms with Gasteiger partial charge in [0, 0.05) is 18.0 Å². The molecule has 0 bridgehead atoms. The minimum atomic E-state index is -0.00401. The molecule has 0 spiro atoms. The van der Waals surface area contributed by atoms with Gasteiger partial charge in [-0.05, 0) is 12.1 Å². The summed E-state index contributed by atoms with van der Waals surface area (Å²) in [5.74, 6) is 0.0169. The van der Waals surface area contributed by atoms with Gasteiger partial charge in [0.05, 0.1) is 30.0 Å². The first-order valence-corrected chi connectivity index (χ1v) is 6.77. The molecule has 94 valence electrons. The predicted molar refractivity (Wildman–Crippen MR) is 68.4 cm³/mol. The largest absolute Gasteiger partial charge is 0.375 e. The first-order valence-electron chi connectivity index (χ1n) is 5.57. The van der Waals surface area contributed by atoms with Gasteiger partial charge >= 0.3 is 0 Å². The lowest BCUT2D eigenvalue weighted by atomic mass is 10.2. The fourth-order valence-electron chi connectivity index (χ4n) is 1.66. The molecular weight excluding hydrogens is 260 g/mol. The van der Waals surface area contributed by atoms with Gasteiger partial charge in [0.25, 0.3) is 0 Å². The van der Waals surface area contributed by atoms with Crippen molar-refractivity contribution in [3.8, 4) is 0 Å². The smallest absolute Gasteiger partial charge is 0.222 e. The van der Waals surface area contributed by atoms with Crippen LogP contribution < -0.4 is 10.6 Å². The first-order chi connectivity index (χ1) is 8.24. The second-order valence-corrected chi connectivity index (χ2v) is 5.68. The van der Waals surface area contributed by atoms with E-state index in [0.29, 0.717) is 19.6 Å². The zero-order chi connectivity index (χ0) is 12.1. The molecule has 0 saturated carbocycles. The van der Waals surface area contributed by atoms with Gasteiger partial charge in [0.1, 0.15) is 0 Å². The normalized spacial score (nSPS) is 20.2. The van der Waals surface area contributed by atoms with E-state index in [1.54, 1.807) is 0 Å². The van der Waals surface area contributed by atoms with Crippen LogP contribution in [0.4, 0.5) is 0 Å². The molecule has 0 radical (unpaired) electrons. The van der Waals surface area contributed by atoms with Gasteiger partial charge in [0.15, 0.2) is 0 Å². The summed E-state index contributed by atoms with van der Waals surface area (Å²) >= 11 is 7.29. The molecule has 4 nitrogen and oxygen atoms in total. The Labute approximate surface area is 109 Å². The van der Waals surface area contributed by atoms with Crippen LogP contribution in [-0.4, -0.2) is 31.7 Å². The number of carbonyl (C=O) groups is 1. The van der Waals surface area contributed by atoms with Crippen molar-refractivity contribution in [2.75, 3.05) is 19.7 Å². The van der Waals surface area contributed by atoms with Crippen LogP contribution in [0.25, 0.3) is 0 Å². The Morgan fingerprint density at radius 2 is 2.53 bits per heavy atom. The predicted octanol–water partition coefficient (Wildman–Crippen LogP) is 1.40. The van der Waals surface area contributed by atoms with Crippen molar-refractivity contribution >= 4 is 28.8 Å². The van der Waals surface area contributed by atoms with E-state index in [4.69, 9.17) is 16.3 Å². The molecule has 0 aromatic carbocycles. The average Bonchev–Trinajstić information content (AvgIpc) is 2.74. The maximum absolute atomic E-state index is 11.6. The molecule has 1 amide bonds. The van der Waals surface area contributed by atoms with Gasteiger partial charge < -0.3 is 15.4 Å². The Balaban J connectivity index is 1.70. The van der Waals surface area contributed by atoms with Gasteiger partial charge in [0.2, 0.25) is 5.91 Å². The van der Waals surface area contributed by atoms with Crippen molar-refractivity contribution < 1.29 is 9.53 Å². The zero-order valence-corrected chi connectivity index (χ0v) is 10.9. The topological polar surface area (TPSA) is 50.4 Å². The minimum absolute atomic E-state index is 0.00401. The van der Waals surface area contributed by atoms with Crippen molar-refractivity contribution in [2.45, 2.75) is 19.1 Å². The van der Waals surface area contributed by atoms with Crippen molar-refractivity contribution in [3.63, 3.8) is 0 Å². The van der Waals surface area contributed by atoms with E-state index in [1.807, 2.05) is 12.1 Å². The standard InChI is InChI=1S/C11H15ClN2O2S/c12-10-2-1-9(17-10)7-14-11(15)5-8-6-13-3-4-16-8/h1-2,8,13H,3-7H2,(H,14,15)/t8-/m0/s1. The lowest BCUT2D eigenvalue weighted by molar-refractivity contribution is -0.124.